The van der Waals surface area contributed by atoms with E-state index >= 15 is 0 Å². The molecule has 0 saturated heterocycles. The fourth-order valence-corrected chi connectivity index (χ4v) is 4.34. The van der Waals surface area contributed by atoms with Gasteiger partial charge in [0, 0.05) is 25.7 Å². The molecule has 1 fully saturated rings. The van der Waals surface area contributed by atoms with Crippen LogP contribution in [-0.2, 0) is 17.9 Å². The van der Waals surface area contributed by atoms with Gasteiger partial charge in [0.15, 0.2) is 5.69 Å². The Hall–Kier alpha value is -3.16. The number of rotatable bonds is 5. The zero-order valence-corrected chi connectivity index (χ0v) is 18.3. The second-order valence-electron chi connectivity index (χ2n) is 8.84. The van der Waals surface area contributed by atoms with Crippen LogP contribution in [0.25, 0.3) is 0 Å². The number of nitrogens with zero attached hydrogens (tertiary/aromatic N) is 3. The fourth-order valence-electron chi connectivity index (χ4n) is 4.34. The number of nitrogens with one attached hydrogen (secondary N) is 2. The zero-order valence-electron chi connectivity index (χ0n) is 18.3. The molecule has 1 aliphatic heterocycles. The molecule has 2 aliphatic rings. The highest BCUT2D eigenvalue weighted by Crippen LogP contribution is 2.27. The van der Waals surface area contributed by atoms with Crippen LogP contribution in [0.3, 0.4) is 0 Å². The van der Waals surface area contributed by atoms with Crippen LogP contribution in [0, 0.1) is 6.92 Å². The number of fused-ring (bicyclic) bond motifs is 1. The predicted octanol–water partition coefficient (Wildman–Crippen LogP) is 2.02. The van der Waals surface area contributed by atoms with Crippen LogP contribution in [0.5, 0.6) is 0 Å². The molecule has 1 aromatic heterocycles. The van der Waals surface area contributed by atoms with Crippen LogP contribution in [0.2, 0.25) is 0 Å². The van der Waals surface area contributed by atoms with Crippen LogP contribution in [0.15, 0.2) is 30.3 Å². The Kier molecular flexibility index (Phi) is 5.56. The van der Waals surface area contributed by atoms with E-state index < -0.39 is 5.54 Å². The summed E-state index contributed by atoms with van der Waals surface area (Å²) < 4.78 is 1.48. The van der Waals surface area contributed by atoms with E-state index in [-0.39, 0.29) is 36.0 Å². The van der Waals surface area contributed by atoms with E-state index in [0.29, 0.717) is 12.2 Å². The van der Waals surface area contributed by atoms with Crippen LogP contribution in [-0.4, -0.2) is 51.0 Å². The number of carbonyl (C=O) groups is 3. The monoisotopic (exact) mass is 423 g/mol. The standard InChI is InChI=1S/C23H29N5O3/c1-15-7-6-8-16(11-15)13-24-20(29)18-12-19-21(30)27(3)23(2,14-28(19)26-18)22(31)25-17-9-4-5-10-17/h6-8,11-12,17H,4-5,9-10,13-14H2,1-3H3,(H,24,29)(H,25,31)/t23-/m1/s1. The summed E-state index contributed by atoms with van der Waals surface area (Å²) in [5.74, 6) is -0.849. The molecule has 8 nitrogen and oxygen atoms in total. The molecule has 0 bridgehead atoms. The number of carbonyl (C=O) groups excluding carboxylic acids is 3. The normalized spacial score (nSPS) is 21.1. The Bertz CT molecular complexity index is 1020. The van der Waals surface area contributed by atoms with Gasteiger partial charge >= 0.3 is 0 Å². The third-order valence-corrected chi connectivity index (χ3v) is 6.45. The number of hydrogen-bond acceptors (Lipinski definition) is 4. The molecule has 164 valence electrons. The largest absolute Gasteiger partial charge is 0.351 e. The van der Waals surface area contributed by atoms with E-state index in [9.17, 15) is 14.4 Å². The van der Waals surface area contributed by atoms with E-state index in [2.05, 4.69) is 15.7 Å². The molecule has 2 N–H and O–H groups in total. The third-order valence-electron chi connectivity index (χ3n) is 6.45. The summed E-state index contributed by atoms with van der Waals surface area (Å²) in [6, 6.07) is 9.55. The molecule has 4 rings (SSSR count). The molecule has 2 aromatic rings. The van der Waals surface area contributed by atoms with Crippen LogP contribution in [0.4, 0.5) is 0 Å². The minimum atomic E-state index is -1.06. The van der Waals surface area contributed by atoms with Crippen molar-refractivity contribution < 1.29 is 14.4 Å². The first-order valence-electron chi connectivity index (χ1n) is 10.8. The summed E-state index contributed by atoms with van der Waals surface area (Å²) in [6.45, 7) is 4.32. The Morgan fingerprint density at radius 3 is 2.68 bits per heavy atom. The van der Waals surface area contributed by atoms with Crippen LogP contribution >= 0.6 is 0 Å². The van der Waals surface area contributed by atoms with Crippen molar-refractivity contribution in [3.63, 3.8) is 0 Å². The van der Waals surface area contributed by atoms with E-state index in [1.807, 2.05) is 31.2 Å². The number of benzene rings is 1. The van der Waals surface area contributed by atoms with E-state index in [4.69, 9.17) is 0 Å². The maximum Gasteiger partial charge on any atom is 0.272 e. The van der Waals surface area contributed by atoms with Gasteiger partial charge in [0.2, 0.25) is 5.91 Å². The summed E-state index contributed by atoms with van der Waals surface area (Å²) in [5.41, 5.74) is 1.53. The topological polar surface area (TPSA) is 96.3 Å². The second-order valence-corrected chi connectivity index (χ2v) is 8.84. The third kappa shape index (κ3) is 4.06. The number of aromatic nitrogens is 2. The summed E-state index contributed by atoms with van der Waals surface area (Å²) in [4.78, 5) is 40.1. The summed E-state index contributed by atoms with van der Waals surface area (Å²) in [6.07, 6.45) is 4.16. The van der Waals surface area contributed by atoms with Gasteiger partial charge in [-0.25, -0.2) is 0 Å². The van der Waals surface area contributed by atoms with Gasteiger partial charge in [0.05, 0.1) is 6.54 Å². The Labute approximate surface area is 182 Å². The lowest BCUT2D eigenvalue weighted by atomic mass is 9.95. The molecule has 31 heavy (non-hydrogen) atoms. The van der Waals surface area contributed by atoms with Gasteiger partial charge in [0.1, 0.15) is 11.2 Å². The molecule has 3 amide bonds. The molecule has 1 atom stereocenters. The van der Waals surface area contributed by atoms with Crippen molar-refractivity contribution in [2.24, 2.45) is 0 Å². The van der Waals surface area contributed by atoms with Crippen molar-refractivity contribution in [2.75, 3.05) is 7.05 Å². The van der Waals surface area contributed by atoms with Crippen molar-refractivity contribution in [1.29, 1.82) is 0 Å². The summed E-state index contributed by atoms with van der Waals surface area (Å²) in [5, 5.41) is 10.3. The van der Waals surface area contributed by atoms with E-state index in [1.54, 1.807) is 14.0 Å². The van der Waals surface area contributed by atoms with Gasteiger partial charge in [-0.2, -0.15) is 5.10 Å². The maximum atomic E-state index is 13.0. The van der Waals surface area contributed by atoms with Crippen molar-refractivity contribution >= 4 is 17.7 Å². The van der Waals surface area contributed by atoms with Gasteiger partial charge in [0.25, 0.3) is 11.8 Å². The van der Waals surface area contributed by atoms with Crippen LogP contribution in [0.1, 0.15) is 64.7 Å². The minimum absolute atomic E-state index is 0.162. The van der Waals surface area contributed by atoms with Gasteiger partial charge in [-0.15, -0.1) is 0 Å². The minimum Gasteiger partial charge on any atom is -0.351 e. The highest BCUT2D eigenvalue weighted by molar-refractivity contribution is 6.01. The van der Waals surface area contributed by atoms with Crippen molar-refractivity contribution in [2.45, 2.75) is 64.2 Å². The first kappa shape index (κ1) is 21.1. The average Bonchev–Trinajstić information content (AvgIpc) is 3.40. The zero-order chi connectivity index (χ0) is 22.2. The molecule has 1 aromatic carbocycles. The molecule has 2 heterocycles. The molecule has 8 heteroatoms. The summed E-state index contributed by atoms with van der Waals surface area (Å²) >= 11 is 0. The highest BCUT2D eigenvalue weighted by Gasteiger charge is 2.46. The second kappa shape index (κ2) is 8.17. The first-order valence-corrected chi connectivity index (χ1v) is 10.8. The molecule has 0 unspecified atom stereocenters. The van der Waals surface area contributed by atoms with Gasteiger partial charge in [-0.3, -0.25) is 19.1 Å². The molecular weight excluding hydrogens is 394 g/mol. The number of likely N-dealkylation sites (N-methyl/N-ethyl adjacent to an activating group) is 1. The lowest BCUT2D eigenvalue weighted by Gasteiger charge is -2.41. The maximum absolute atomic E-state index is 13.0. The lowest BCUT2D eigenvalue weighted by molar-refractivity contribution is -0.133. The van der Waals surface area contributed by atoms with Crippen molar-refractivity contribution in [1.82, 2.24) is 25.3 Å². The fraction of sp³-hybridized carbons (Fsp3) is 0.478. The smallest absolute Gasteiger partial charge is 0.272 e. The predicted molar refractivity (Wildman–Crippen MR) is 115 cm³/mol. The number of amides is 3. The summed E-state index contributed by atoms with van der Waals surface area (Å²) in [7, 11) is 1.63. The Morgan fingerprint density at radius 1 is 1.23 bits per heavy atom. The molecular formula is C23H29N5O3. The van der Waals surface area contributed by atoms with E-state index in [1.165, 1.54) is 15.6 Å². The molecule has 0 radical (unpaired) electrons. The van der Waals surface area contributed by atoms with E-state index in [0.717, 1.165) is 36.8 Å². The number of hydrogen-bond donors (Lipinski definition) is 2. The van der Waals surface area contributed by atoms with Gasteiger partial charge in [-0.05, 0) is 32.3 Å². The number of aryl methyl sites for hydroxylation is 1. The quantitative estimate of drug-likeness (QED) is 0.769. The van der Waals surface area contributed by atoms with Crippen molar-refractivity contribution in [3.05, 3.63) is 52.8 Å². The highest BCUT2D eigenvalue weighted by atomic mass is 16.2. The average molecular weight is 424 g/mol. The first-order chi connectivity index (χ1) is 14.8. The molecule has 1 saturated carbocycles. The lowest BCUT2D eigenvalue weighted by Crippen LogP contribution is -2.63. The Balaban J connectivity index is 1.49. The Morgan fingerprint density at radius 2 is 1.97 bits per heavy atom. The van der Waals surface area contributed by atoms with Gasteiger partial charge in [-0.1, -0.05) is 42.7 Å². The molecule has 0 spiro atoms. The van der Waals surface area contributed by atoms with Crippen molar-refractivity contribution in [3.8, 4) is 0 Å². The SMILES string of the molecule is Cc1cccc(CNC(=O)c2cc3n(n2)C[C@](C)(C(=O)NC2CCCC2)N(C)C3=O)c1. The van der Waals surface area contributed by atoms with Gasteiger partial charge < -0.3 is 15.5 Å². The molecule has 1 aliphatic carbocycles. The van der Waals surface area contributed by atoms with Crippen LogP contribution < -0.4 is 10.6 Å².